The fraction of sp³-hybridized carbons (Fsp3) is 0.400. The normalized spacial score (nSPS) is 18.4. The minimum atomic E-state index is -0.0730. The van der Waals surface area contributed by atoms with Crippen LogP contribution in [-0.2, 0) is 0 Å². The van der Waals surface area contributed by atoms with E-state index in [9.17, 15) is 9.90 Å². The van der Waals surface area contributed by atoms with Crippen molar-refractivity contribution in [3.05, 3.63) is 42.5 Å². The van der Waals surface area contributed by atoms with Crippen molar-refractivity contribution in [3.8, 4) is 5.75 Å². The van der Waals surface area contributed by atoms with Gasteiger partial charge in [0.05, 0.1) is 18.2 Å². The number of hydrogen-bond donors (Lipinski definition) is 1. The Morgan fingerprint density at radius 1 is 1.53 bits per heavy atom. The van der Waals surface area contributed by atoms with Gasteiger partial charge in [-0.25, -0.2) is 0 Å². The standard InChI is InChI=1S/C15H19NO3/c1-2-10-19-14-8-4-3-7-13(14)15(18)16-9-5-6-12(16)11-17/h2-4,7-8,12,17H,1,5-6,9-11H2/t12-/m1/s1. The van der Waals surface area contributed by atoms with Crippen molar-refractivity contribution in [2.24, 2.45) is 0 Å². The minimum Gasteiger partial charge on any atom is -0.489 e. The number of ether oxygens (including phenoxy) is 1. The molecular weight excluding hydrogens is 242 g/mol. The third-order valence-corrected chi connectivity index (χ3v) is 3.32. The van der Waals surface area contributed by atoms with E-state index in [4.69, 9.17) is 4.74 Å². The molecule has 19 heavy (non-hydrogen) atoms. The summed E-state index contributed by atoms with van der Waals surface area (Å²) in [6.07, 6.45) is 3.44. The third-order valence-electron chi connectivity index (χ3n) is 3.32. The topological polar surface area (TPSA) is 49.8 Å². The zero-order valence-electron chi connectivity index (χ0n) is 10.9. The summed E-state index contributed by atoms with van der Waals surface area (Å²) in [6, 6.07) is 7.12. The summed E-state index contributed by atoms with van der Waals surface area (Å²) in [5.74, 6) is 0.493. The first-order valence-electron chi connectivity index (χ1n) is 6.52. The number of aliphatic hydroxyl groups is 1. The second kappa shape index (κ2) is 6.38. The van der Waals surface area contributed by atoms with E-state index in [1.54, 1.807) is 23.1 Å². The maximum atomic E-state index is 12.5. The number of amides is 1. The van der Waals surface area contributed by atoms with Crippen LogP contribution in [-0.4, -0.2) is 41.7 Å². The molecule has 4 heteroatoms. The van der Waals surface area contributed by atoms with Gasteiger partial charge in [0.25, 0.3) is 5.91 Å². The molecule has 1 aliphatic heterocycles. The van der Waals surface area contributed by atoms with Crippen LogP contribution in [0.25, 0.3) is 0 Å². The molecule has 0 aliphatic carbocycles. The molecule has 0 aromatic heterocycles. The van der Waals surface area contributed by atoms with E-state index >= 15 is 0 Å². The average Bonchev–Trinajstić information content (AvgIpc) is 2.93. The number of likely N-dealkylation sites (tertiary alicyclic amines) is 1. The number of nitrogens with zero attached hydrogens (tertiary/aromatic N) is 1. The number of para-hydroxylation sites is 1. The summed E-state index contributed by atoms with van der Waals surface area (Å²) in [6.45, 7) is 4.68. The van der Waals surface area contributed by atoms with Crippen LogP contribution >= 0.6 is 0 Å². The largest absolute Gasteiger partial charge is 0.489 e. The van der Waals surface area contributed by atoms with Crippen molar-refractivity contribution in [3.63, 3.8) is 0 Å². The lowest BCUT2D eigenvalue weighted by molar-refractivity contribution is 0.0674. The first-order chi connectivity index (χ1) is 9.27. The van der Waals surface area contributed by atoms with Crippen molar-refractivity contribution in [2.45, 2.75) is 18.9 Å². The number of hydrogen-bond acceptors (Lipinski definition) is 3. The molecule has 0 radical (unpaired) electrons. The van der Waals surface area contributed by atoms with Gasteiger partial charge in [-0.1, -0.05) is 24.8 Å². The van der Waals surface area contributed by atoms with Crippen LogP contribution in [0.1, 0.15) is 23.2 Å². The van der Waals surface area contributed by atoms with Crippen molar-refractivity contribution >= 4 is 5.91 Å². The predicted molar refractivity (Wildman–Crippen MR) is 73.3 cm³/mol. The molecule has 102 valence electrons. The Kier molecular flexibility index (Phi) is 4.58. The van der Waals surface area contributed by atoms with Crippen molar-refractivity contribution in [1.29, 1.82) is 0 Å². The Labute approximate surface area is 113 Å². The summed E-state index contributed by atoms with van der Waals surface area (Å²) in [5.41, 5.74) is 0.546. The molecule has 1 N–H and O–H groups in total. The molecular formula is C15H19NO3. The number of benzene rings is 1. The summed E-state index contributed by atoms with van der Waals surface area (Å²) in [4.78, 5) is 14.2. The Bertz CT molecular complexity index is 458. The first-order valence-corrected chi connectivity index (χ1v) is 6.52. The van der Waals surface area contributed by atoms with Gasteiger partial charge in [-0.05, 0) is 25.0 Å². The van der Waals surface area contributed by atoms with E-state index in [-0.39, 0.29) is 18.6 Å². The summed E-state index contributed by atoms with van der Waals surface area (Å²) in [5, 5.41) is 9.30. The second-order valence-corrected chi connectivity index (χ2v) is 4.57. The van der Waals surface area contributed by atoms with E-state index in [0.29, 0.717) is 24.5 Å². The van der Waals surface area contributed by atoms with Gasteiger partial charge < -0.3 is 14.7 Å². The van der Waals surface area contributed by atoms with Gasteiger partial charge >= 0.3 is 0 Å². The lowest BCUT2D eigenvalue weighted by atomic mass is 10.1. The van der Waals surface area contributed by atoms with Gasteiger partial charge in [0.15, 0.2) is 0 Å². The highest BCUT2D eigenvalue weighted by Crippen LogP contribution is 2.25. The predicted octanol–water partition coefficient (Wildman–Crippen LogP) is 1.85. The molecule has 2 rings (SSSR count). The third kappa shape index (κ3) is 2.96. The maximum absolute atomic E-state index is 12.5. The summed E-state index contributed by atoms with van der Waals surface area (Å²) in [7, 11) is 0. The van der Waals surface area contributed by atoms with E-state index in [1.165, 1.54) is 0 Å². The highest BCUT2D eigenvalue weighted by Gasteiger charge is 2.30. The molecule has 1 aromatic rings. The molecule has 1 saturated heterocycles. The lowest BCUT2D eigenvalue weighted by Gasteiger charge is -2.24. The molecule has 0 saturated carbocycles. The van der Waals surface area contributed by atoms with Crippen LogP contribution in [0.2, 0.25) is 0 Å². The van der Waals surface area contributed by atoms with Crippen LogP contribution in [0.15, 0.2) is 36.9 Å². The van der Waals surface area contributed by atoms with Crippen molar-refractivity contribution in [1.82, 2.24) is 4.90 Å². The summed E-state index contributed by atoms with van der Waals surface area (Å²) < 4.78 is 5.51. The molecule has 1 heterocycles. The van der Waals surface area contributed by atoms with Gasteiger partial charge in [-0.2, -0.15) is 0 Å². The molecule has 1 atom stereocenters. The fourth-order valence-corrected chi connectivity index (χ4v) is 2.37. The molecule has 0 unspecified atom stereocenters. The van der Waals surface area contributed by atoms with Crippen molar-refractivity contribution < 1.29 is 14.6 Å². The zero-order chi connectivity index (χ0) is 13.7. The van der Waals surface area contributed by atoms with Crippen LogP contribution in [0.3, 0.4) is 0 Å². The van der Waals surface area contributed by atoms with E-state index in [1.807, 2.05) is 12.1 Å². The number of aliphatic hydroxyl groups excluding tert-OH is 1. The number of carbonyl (C=O) groups is 1. The van der Waals surface area contributed by atoms with Gasteiger partial charge in [-0.3, -0.25) is 4.79 Å². The van der Waals surface area contributed by atoms with Crippen LogP contribution in [0, 0.1) is 0 Å². The maximum Gasteiger partial charge on any atom is 0.257 e. The molecule has 1 amide bonds. The molecule has 1 fully saturated rings. The second-order valence-electron chi connectivity index (χ2n) is 4.57. The van der Waals surface area contributed by atoms with Crippen LogP contribution in [0.4, 0.5) is 0 Å². The monoisotopic (exact) mass is 261 g/mol. The molecule has 0 spiro atoms. The summed E-state index contributed by atoms with van der Waals surface area (Å²) >= 11 is 0. The Morgan fingerprint density at radius 2 is 2.32 bits per heavy atom. The van der Waals surface area contributed by atoms with E-state index in [0.717, 1.165) is 12.8 Å². The van der Waals surface area contributed by atoms with Crippen LogP contribution in [0.5, 0.6) is 5.75 Å². The van der Waals surface area contributed by atoms with E-state index in [2.05, 4.69) is 6.58 Å². The number of carbonyl (C=O) groups excluding carboxylic acids is 1. The van der Waals surface area contributed by atoms with Crippen LogP contribution < -0.4 is 4.74 Å². The zero-order valence-corrected chi connectivity index (χ0v) is 10.9. The molecule has 4 nitrogen and oxygen atoms in total. The number of rotatable bonds is 5. The lowest BCUT2D eigenvalue weighted by Crippen LogP contribution is -2.37. The van der Waals surface area contributed by atoms with E-state index < -0.39 is 0 Å². The Hall–Kier alpha value is -1.81. The average molecular weight is 261 g/mol. The first kappa shape index (κ1) is 13.6. The van der Waals surface area contributed by atoms with Gasteiger partial charge in [-0.15, -0.1) is 0 Å². The van der Waals surface area contributed by atoms with Gasteiger partial charge in [0, 0.05) is 6.54 Å². The Morgan fingerprint density at radius 3 is 3.05 bits per heavy atom. The van der Waals surface area contributed by atoms with Gasteiger partial charge in [0.1, 0.15) is 12.4 Å². The fourth-order valence-electron chi connectivity index (χ4n) is 2.37. The quantitative estimate of drug-likeness (QED) is 0.823. The van der Waals surface area contributed by atoms with Crippen molar-refractivity contribution in [2.75, 3.05) is 19.8 Å². The molecule has 1 aliphatic rings. The highest BCUT2D eigenvalue weighted by atomic mass is 16.5. The Balaban J connectivity index is 2.20. The highest BCUT2D eigenvalue weighted by molar-refractivity contribution is 5.97. The SMILES string of the molecule is C=CCOc1ccccc1C(=O)N1CCC[C@@H]1CO. The van der Waals surface area contributed by atoms with Gasteiger partial charge in [0.2, 0.25) is 0 Å². The smallest absolute Gasteiger partial charge is 0.257 e. The molecule has 0 bridgehead atoms. The molecule has 1 aromatic carbocycles. The minimum absolute atomic E-state index is 0.0153.